The summed E-state index contributed by atoms with van der Waals surface area (Å²) in [5, 5.41) is 0. The van der Waals surface area contributed by atoms with Gasteiger partial charge in [-0.1, -0.05) is 20.8 Å². The Bertz CT molecular complexity index is 219. The molecular formula is C9H18N2O3. The molecule has 0 spiro atoms. The van der Waals surface area contributed by atoms with Crippen LogP contribution in [0.2, 0.25) is 0 Å². The fourth-order valence-corrected chi connectivity index (χ4v) is 0.669. The van der Waals surface area contributed by atoms with E-state index in [-0.39, 0.29) is 11.8 Å². The monoisotopic (exact) mass is 202 g/mol. The van der Waals surface area contributed by atoms with E-state index in [4.69, 9.17) is 5.73 Å². The second kappa shape index (κ2) is 4.95. The Kier molecular flexibility index (Phi) is 4.56. The van der Waals surface area contributed by atoms with Crippen LogP contribution in [-0.4, -0.2) is 17.9 Å². The number of nitrogens with two attached hydrogens (primary N) is 1. The molecule has 0 fully saturated rings. The second-order valence-corrected chi connectivity index (χ2v) is 4.47. The number of amides is 1. The molecule has 3 N–H and O–H groups in total. The first-order chi connectivity index (χ1) is 6.22. The van der Waals surface area contributed by atoms with Crippen LogP contribution in [0.25, 0.3) is 0 Å². The van der Waals surface area contributed by atoms with Gasteiger partial charge in [-0.3, -0.25) is 4.79 Å². The predicted octanol–water partition coefficient (Wildman–Crippen LogP) is 0.344. The van der Waals surface area contributed by atoms with Crippen LogP contribution >= 0.6 is 0 Å². The molecule has 0 aliphatic rings. The highest BCUT2D eigenvalue weighted by Crippen LogP contribution is 2.18. The number of hydrogen-bond acceptors (Lipinski definition) is 4. The van der Waals surface area contributed by atoms with Gasteiger partial charge in [-0.2, -0.15) is 5.48 Å². The van der Waals surface area contributed by atoms with E-state index in [1.54, 1.807) is 0 Å². The smallest absolute Gasteiger partial charge is 0.332 e. The first kappa shape index (κ1) is 12.9. The van der Waals surface area contributed by atoms with Gasteiger partial charge in [0.05, 0.1) is 12.5 Å². The van der Waals surface area contributed by atoms with Gasteiger partial charge in [0.25, 0.3) is 5.91 Å². The molecule has 14 heavy (non-hydrogen) atoms. The van der Waals surface area contributed by atoms with Crippen molar-refractivity contribution in [3.05, 3.63) is 0 Å². The van der Waals surface area contributed by atoms with Crippen molar-refractivity contribution >= 4 is 11.9 Å². The van der Waals surface area contributed by atoms with Crippen LogP contribution in [-0.2, 0) is 14.4 Å². The van der Waals surface area contributed by atoms with E-state index >= 15 is 0 Å². The molecule has 0 saturated heterocycles. The van der Waals surface area contributed by atoms with Gasteiger partial charge in [0, 0.05) is 0 Å². The van der Waals surface area contributed by atoms with Crippen molar-refractivity contribution in [2.75, 3.05) is 0 Å². The summed E-state index contributed by atoms with van der Waals surface area (Å²) in [6.07, 6.45) is 0.242. The number of carbonyl (C=O) groups excluding carboxylic acids is 2. The highest BCUT2D eigenvalue weighted by Gasteiger charge is 2.18. The Morgan fingerprint density at radius 3 is 2.29 bits per heavy atom. The number of rotatable bonds is 2. The summed E-state index contributed by atoms with van der Waals surface area (Å²) >= 11 is 0. The quantitative estimate of drug-likeness (QED) is 0.633. The van der Waals surface area contributed by atoms with Crippen molar-refractivity contribution in [3.8, 4) is 0 Å². The average molecular weight is 202 g/mol. The molecular weight excluding hydrogens is 184 g/mol. The van der Waals surface area contributed by atoms with Crippen molar-refractivity contribution in [3.63, 3.8) is 0 Å². The number of carbonyl (C=O) groups is 2. The summed E-state index contributed by atoms with van der Waals surface area (Å²) < 4.78 is 0. The summed E-state index contributed by atoms with van der Waals surface area (Å²) in [5.74, 6) is -0.973. The van der Waals surface area contributed by atoms with E-state index in [2.05, 4.69) is 4.84 Å². The van der Waals surface area contributed by atoms with Crippen LogP contribution in [0, 0.1) is 5.41 Å². The third-order valence-corrected chi connectivity index (χ3v) is 1.35. The van der Waals surface area contributed by atoms with E-state index in [0.29, 0.717) is 0 Å². The van der Waals surface area contributed by atoms with Gasteiger partial charge in [0.15, 0.2) is 0 Å². The molecule has 0 aromatic carbocycles. The largest absolute Gasteiger partial charge is 0.341 e. The summed E-state index contributed by atoms with van der Waals surface area (Å²) in [5.41, 5.74) is 7.08. The highest BCUT2D eigenvalue weighted by atomic mass is 16.7. The zero-order valence-corrected chi connectivity index (χ0v) is 9.09. The molecule has 0 radical (unpaired) electrons. The lowest BCUT2D eigenvalue weighted by molar-refractivity contribution is -0.160. The Morgan fingerprint density at radius 1 is 1.43 bits per heavy atom. The Hall–Kier alpha value is -1.10. The maximum absolute atomic E-state index is 11.1. The summed E-state index contributed by atoms with van der Waals surface area (Å²) in [6.45, 7) is 7.22. The Balaban J connectivity index is 3.81. The highest BCUT2D eigenvalue weighted by molar-refractivity contribution is 5.81. The van der Waals surface area contributed by atoms with Crippen LogP contribution in [0.4, 0.5) is 0 Å². The molecule has 5 nitrogen and oxygen atoms in total. The zero-order valence-electron chi connectivity index (χ0n) is 9.09. The number of hydroxylamine groups is 1. The molecule has 0 aliphatic heterocycles. The molecule has 82 valence electrons. The molecule has 1 unspecified atom stereocenters. The van der Waals surface area contributed by atoms with E-state index in [9.17, 15) is 9.59 Å². The van der Waals surface area contributed by atoms with Gasteiger partial charge in [-0.05, 0) is 12.3 Å². The first-order valence-electron chi connectivity index (χ1n) is 4.47. The molecule has 0 saturated carbocycles. The summed E-state index contributed by atoms with van der Waals surface area (Å²) in [4.78, 5) is 26.5. The van der Waals surface area contributed by atoms with Crippen LogP contribution < -0.4 is 11.2 Å². The predicted molar refractivity (Wildman–Crippen MR) is 52.0 cm³/mol. The van der Waals surface area contributed by atoms with Crippen molar-refractivity contribution in [1.29, 1.82) is 0 Å². The molecule has 0 aromatic heterocycles. The fourth-order valence-electron chi connectivity index (χ4n) is 0.669. The number of nitrogens with one attached hydrogen (secondary N) is 1. The van der Waals surface area contributed by atoms with E-state index in [1.807, 2.05) is 26.3 Å². The molecule has 5 heteroatoms. The van der Waals surface area contributed by atoms with Crippen LogP contribution in [0.1, 0.15) is 34.1 Å². The van der Waals surface area contributed by atoms with Crippen molar-refractivity contribution in [2.24, 2.45) is 11.1 Å². The third-order valence-electron chi connectivity index (χ3n) is 1.35. The normalized spacial score (nSPS) is 13.2. The van der Waals surface area contributed by atoms with Crippen molar-refractivity contribution in [1.82, 2.24) is 5.48 Å². The van der Waals surface area contributed by atoms with Gasteiger partial charge in [-0.15, -0.1) is 0 Å². The molecule has 0 rings (SSSR count). The van der Waals surface area contributed by atoms with Gasteiger partial charge in [-0.25, -0.2) is 4.79 Å². The van der Waals surface area contributed by atoms with Crippen LogP contribution in [0.15, 0.2) is 0 Å². The van der Waals surface area contributed by atoms with E-state index < -0.39 is 17.9 Å². The Morgan fingerprint density at radius 2 is 1.93 bits per heavy atom. The lowest BCUT2D eigenvalue weighted by Gasteiger charge is -2.16. The van der Waals surface area contributed by atoms with Gasteiger partial charge in [0.2, 0.25) is 0 Å². The second-order valence-electron chi connectivity index (χ2n) is 4.47. The van der Waals surface area contributed by atoms with Crippen LogP contribution in [0.3, 0.4) is 0 Å². The SMILES string of the molecule is CC(N)C(=O)NOC(=O)CC(C)(C)C. The maximum atomic E-state index is 11.1. The lowest BCUT2D eigenvalue weighted by atomic mass is 9.93. The molecule has 1 atom stereocenters. The average Bonchev–Trinajstić information content (AvgIpc) is 1.96. The number of hydrogen-bond donors (Lipinski definition) is 2. The maximum Gasteiger partial charge on any atom is 0.332 e. The minimum atomic E-state index is -0.683. The zero-order chi connectivity index (χ0) is 11.4. The molecule has 0 aliphatic carbocycles. The van der Waals surface area contributed by atoms with E-state index in [0.717, 1.165) is 0 Å². The van der Waals surface area contributed by atoms with Gasteiger partial charge in [0.1, 0.15) is 0 Å². The molecule has 0 heterocycles. The van der Waals surface area contributed by atoms with E-state index in [1.165, 1.54) is 6.92 Å². The van der Waals surface area contributed by atoms with Gasteiger partial charge >= 0.3 is 5.97 Å². The molecule has 1 amide bonds. The standard InChI is InChI=1S/C9H18N2O3/c1-6(10)8(13)11-14-7(12)5-9(2,3)4/h6H,5,10H2,1-4H3,(H,11,13). The minimum Gasteiger partial charge on any atom is -0.341 e. The van der Waals surface area contributed by atoms with Crippen LogP contribution in [0.5, 0.6) is 0 Å². The molecule has 0 bridgehead atoms. The minimum absolute atomic E-state index is 0.157. The van der Waals surface area contributed by atoms with Crippen molar-refractivity contribution < 1.29 is 14.4 Å². The van der Waals surface area contributed by atoms with Gasteiger partial charge < -0.3 is 10.6 Å². The summed E-state index contributed by atoms with van der Waals surface area (Å²) in [6, 6.07) is -0.683. The third kappa shape index (κ3) is 6.42. The summed E-state index contributed by atoms with van der Waals surface area (Å²) in [7, 11) is 0. The first-order valence-corrected chi connectivity index (χ1v) is 4.47. The molecule has 0 aromatic rings. The lowest BCUT2D eigenvalue weighted by Crippen LogP contribution is -2.39. The van der Waals surface area contributed by atoms with Crippen molar-refractivity contribution in [2.45, 2.75) is 40.2 Å². The fraction of sp³-hybridized carbons (Fsp3) is 0.778. The topological polar surface area (TPSA) is 81.4 Å². The Labute approximate surface area is 83.9 Å².